The Kier molecular flexibility index (Phi) is 3.51. The second-order valence-electron chi connectivity index (χ2n) is 3.37. The second-order valence-corrected chi connectivity index (χ2v) is 3.37. The molecule has 0 unspecified atom stereocenters. The fourth-order valence-corrected chi connectivity index (χ4v) is 1.45. The van der Waals surface area contributed by atoms with Crippen molar-refractivity contribution in [1.29, 1.82) is 5.26 Å². The van der Waals surface area contributed by atoms with Crippen molar-refractivity contribution in [1.82, 2.24) is 5.32 Å². The van der Waals surface area contributed by atoms with E-state index in [-0.39, 0.29) is 5.91 Å². The van der Waals surface area contributed by atoms with Gasteiger partial charge in [-0.2, -0.15) is 5.26 Å². The van der Waals surface area contributed by atoms with Gasteiger partial charge in [0.05, 0.1) is 6.07 Å². The van der Waals surface area contributed by atoms with Crippen LogP contribution in [0.1, 0.15) is 32.6 Å². The summed E-state index contributed by atoms with van der Waals surface area (Å²) in [5.74, 6) is -0.133. The van der Waals surface area contributed by atoms with Crippen molar-refractivity contribution in [3.63, 3.8) is 0 Å². The molecule has 13 heavy (non-hydrogen) atoms. The monoisotopic (exact) mass is 178 g/mol. The van der Waals surface area contributed by atoms with Gasteiger partial charge in [0.15, 0.2) is 0 Å². The minimum Gasteiger partial charge on any atom is -0.337 e. The molecule has 0 aromatic carbocycles. The van der Waals surface area contributed by atoms with E-state index in [9.17, 15) is 4.79 Å². The van der Waals surface area contributed by atoms with Gasteiger partial charge in [-0.15, -0.1) is 0 Å². The van der Waals surface area contributed by atoms with Crippen molar-refractivity contribution in [2.24, 2.45) is 0 Å². The summed E-state index contributed by atoms with van der Waals surface area (Å²) in [6.45, 7) is 1.67. The molecule has 0 spiro atoms. The summed E-state index contributed by atoms with van der Waals surface area (Å²) in [5.41, 5.74) is 1.21. The molecule has 0 aliphatic heterocycles. The number of carbonyl (C=O) groups excluding carboxylic acids is 1. The third kappa shape index (κ3) is 3.29. The van der Waals surface area contributed by atoms with Crippen LogP contribution in [0.3, 0.4) is 0 Å². The minimum atomic E-state index is -0.397. The van der Waals surface area contributed by atoms with Crippen LogP contribution in [0.15, 0.2) is 11.6 Å². The molecular weight excluding hydrogens is 164 g/mol. The maximum atomic E-state index is 11.2. The molecule has 1 atom stereocenters. The highest BCUT2D eigenvalue weighted by Crippen LogP contribution is 2.23. The number of nitrogens with one attached hydrogen (secondary N) is 1. The molecule has 0 saturated heterocycles. The summed E-state index contributed by atoms with van der Waals surface area (Å²) in [7, 11) is 0. The van der Waals surface area contributed by atoms with Gasteiger partial charge in [0, 0.05) is 6.08 Å². The van der Waals surface area contributed by atoms with Crippen molar-refractivity contribution in [3.05, 3.63) is 11.6 Å². The summed E-state index contributed by atoms with van der Waals surface area (Å²) in [5, 5.41) is 11.0. The Bertz CT molecular complexity index is 255. The van der Waals surface area contributed by atoms with Crippen LogP contribution in [0.5, 0.6) is 0 Å². The highest BCUT2D eigenvalue weighted by Gasteiger charge is 2.09. The van der Waals surface area contributed by atoms with Gasteiger partial charge in [-0.25, -0.2) is 0 Å². The van der Waals surface area contributed by atoms with E-state index < -0.39 is 6.04 Å². The molecule has 0 aromatic heterocycles. The molecule has 0 heterocycles. The van der Waals surface area contributed by atoms with Crippen LogP contribution in [0.2, 0.25) is 0 Å². The van der Waals surface area contributed by atoms with E-state index in [1.165, 1.54) is 18.4 Å². The zero-order chi connectivity index (χ0) is 9.68. The number of carbonyl (C=O) groups is 1. The lowest BCUT2D eigenvalue weighted by Gasteiger charge is -2.03. The lowest BCUT2D eigenvalue weighted by atomic mass is 10.2. The van der Waals surface area contributed by atoms with Gasteiger partial charge in [0.1, 0.15) is 6.04 Å². The Labute approximate surface area is 78.4 Å². The zero-order valence-electron chi connectivity index (χ0n) is 7.84. The Morgan fingerprint density at radius 2 is 2.23 bits per heavy atom. The molecule has 1 N–H and O–H groups in total. The molecule has 1 saturated carbocycles. The first kappa shape index (κ1) is 9.79. The Morgan fingerprint density at radius 1 is 1.62 bits per heavy atom. The van der Waals surface area contributed by atoms with E-state index in [0.717, 1.165) is 12.8 Å². The number of hydrogen-bond donors (Lipinski definition) is 1. The molecule has 1 aliphatic rings. The van der Waals surface area contributed by atoms with Crippen molar-refractivity contribution < 1.29 is 4.79 Å². The average Bonchev–Trinajstić information content (AvgIpc) is 2.56. The largest absolute Gasteiger partial charge is 0.337 e. The van der Waals surface area contributed by atoms with Crippen LogP contribution < -0.4 is 5.32 Å². The van der Waals surface area contributed by atoms with E-state index in [1.54, 1.807) is 13.0 Å². The second kappa shape index (κ2) is 4.66. The molecule has 0 bridgehead atoms. The maximum Gasteiger partial charge on any atom is 0.244 e. The number of hydrogen-bond acceptors (Lipinski definition) is 2. The third-order valence-electron chi connectivity index (χ3n) is 2.13. The van der Waals surface area contributed by atoms with E-state index in [0.29, 0.717) is 0 Å². The van der Waals surface area contributed by atoms with Crippen molar-refractivity contribution in [2.75, 3.05) is 0 Å². The van der Waals surface area contributed by atoms with Crippen LogP contribution in [-0.2, 0) is 4.79 Å². The van der Waals surface area contributed by atoms with Gasteiger partial charge in [-0.3, -0.25) is 4.79 Å². The fraction of sp³-hybridized carbons (Fsp3) is 0.600. The molecule has 1 amide bonds. The summed E-state index contributed by atoms with van der Waals surface area (Å²) < 4.78 is 0. The van der Waals surface area contributed by atoms with Crippen molar-refractivity contribution in [3.8, 4) is 6.07 Å². The normalized spacial score (nSPS) is 17.7. The van der Waals surface area contributed by atoms with Gasteiger partial charge in [-0.1, -0.05) is 5.57 Å². The molecular formula is C10H14N2O. The van der Waals surface area contributed by atoms with Gasteiger partial charge in [0.2, 0.25) is 5.91 Å². The first-order valence-corrected chi connectivity index (χ1v) is 4.62. The van der Waals surface area contributed by atoms with Crippen LogP contribution >= 0.6 is 0 Å². The number of nitrogens with zero attached hydrogens (tertiary/aromatic N) is 1. The summed E-state index contributed by atoms with van der Waals surface area (Å²) >= 11 is 0. The smallest absolute Gasteiger partial charge is 0.244 e. The lowest BCUT2D eigenvalue weighted by molar-refractivity contribution is -0.116. The minimum absolute atomic E-state index is 0.133. The third-order valence-corrected chi connectivity index (χ3v) is 2.13. The van der Waals surface area contributed by atoms with Gasteiger partial charge < -0.3 is 5.32 Å². The average molecular weight is 178 g/mol. The SMILES string of the molecule is C[C@H](C#N)NC(=O)C=C1CCCC1. The van der Waals surface area contributed by atoms with E-state index in [4.69, 9.17) is 5.26 Å². The number of rotatable bonds is 2. The van der Waals surface area contributed by atoms with Crippen LogP contribution in [0, 0.1) is 11.3 Å². The highest BCUT2D eigenvalue weighted by atomic mass is 16.1. The molecule has 1 aliphatic carbocycles. The predicted molar refractivity (Wildman–Crippen MR) is 49.8 cm³/mol. The molecule has 1 rings (SSSR count). The fourth-order valence-electron chi connectivity index (χ4n) is 1.45. The summed E-state index contributed by atoms with van der Waals surface area (Å²) in [6.07, 6.45) is 6.09. The van der Waals surface area contributed by atoms with E-state index >= 15 is 0 Å². The lowest BCUT2D eigenvalue weighted by Crippen LogP contribution is -2.29. The number of amides is 1. The van der Waals surface area contributed by atoms with Gasteiger partial charge >= 0.3 is 0 Å². The van der Waals surface area contributed by atoms with Crippen LogP contribution in [-0.4, -0.2) is 11.9 Å². The Morgan fingerprint density at radius 3 is 2.77 bits per heavy atom. The first-order chi connectivity index (χ1) is 6.22. The number of allylic oxidation sites excluding steroid dienone is 1. The molecule has 0 radical (unpaired) electrons. The standard InChI is InChI=1S/C10H14N2O/c1-8(7-11)12-10(13)6-9-4-2-3-5-9/h6,8H,2-5H2,1H3,(H,12,13)/t8-/m1/s1. The quantitative estimate of drug-likeness (QED) is 0.652. The molecule has 1 fully saturated rings. The summed E-state index contributed by atoms with van der Waals surface area (Å²) in [4.78, 5) is 11.2. The first-order valence-electron chi connectivity index (χ1n) is 4.62. The van der Waals surface area contributed by atoms with Crippen molar-refractivity contribution >= 4 is 5.91 Å². The molecule has 70 valence electrons. The van der Waals surface area contributed by atoms with Gasteiger partial charge in [-0.05, 0) is 32.6 Å². The highest BCUT2D eigenvalue weighted by molar-refractivity contribution is 5.88. The molecule has 0 aromatic rings. The Hall–Kier alpha value is -1.30. The maximum absolute atomic E-state index is 11.2. The van der Waals surface area contributed by atoms with E-state index in [2.05, 4.69) is 5.32 Å². The topological polar surface area (TPSA) is 52.9 Å². The van der Waals surface area contributed by atoms with Gasteiger partial charge in [0.25, 0.3) is 0 Å². The summed E-state index contributed by atoms with van der Waals surface area (Å²) in [6, 6.07) is 1.56. The molecule has 3 nitrogen and oxygen atoms in total. The Balaban J connectivity index is 2.41. The van der Waals surface area contributed by atoms with E-state index in [1.807, 2.05) is 6.07 Å². The van der Waals surface area contributed by atoms with Crippen LogP contribution in [0.25, 0.3) is 0 Å². The van der Waals surface area contributed by atoms with Crippen molar-refractivity contribution in [2.45, 2.75) is 38.6 Å². The molecule has 3 heteroatoms. The number of nitriles is 1. The predicted octanol–water partition coefficient (Wildman–Crippen LogP) is 1.52. The van der Waals surface area contributed by atoms with Crippen LogP contribution in [0.4, 0.5) is 0 Å². The zero-order valence-corrected chi connectivity index (χ0v) is 7.84.